The van der Waals surface area contributed by atoms with Crippen LogP contribution in [0.4, 0.5) is 0 Å². The molecule has 2 fully saturated rings. The highest BCUT2D eigenvalue weighted by atomic mass is 16.5. The minimum absolute atomic E-state index is 0.813. The van der Waals surface area contributed by atoms with E-state index in [0.717, 1.165) is 42.3 Å². The fourth-order valence-electron chi connectivity index (χ4n) is 3.91. The first-order chi connectivity index (χ1) is 8.74. The highest BCUT2D eigenvalue weighted by Crippen LogP contribution is 2.44. The summed E-state index contributed by atoms with van der Waals surface area (Å²) in [6.45, 7) is 5.19. The van der Waals surface area contributed by atoms with Crippen LogP contribution in [0.3, 0.4) is 0 Å². The lowest BCUT2D eigenvalue weighted by atomic mass is 9.95. The fraction of sp³-hybridized carbons (Fsp3) is 0.800. The van der Waals surface area contributed by atoms with E-state index in [1.165, 1.54) is 37.7 Å². The zero-order chi connectivity index (χ0) is 12.5. The molecule has 0 spiro atoms. The number of nitrogens with one attached hydrogen (secondary N) is 1. The van der Waals surface area contributed by atoms with Crippen molar-refractivity contribution in [1.29, 1.82) is 0 Å². The van der Waals surface area contributed by atoms with E-state index >= 15 is 0 Å². The standard InChI is InChI=1S/C15H24N2O/c1-10-14(11(2)18-17-10)4-3-7-16-15-9-12-5-6-13(15)8-12/h12-13,15-16H,3-9H2,1-2H3/t12-,13-,15+/m0/s1. The van der Waals surface area contributed by atoms with E-state index in [4.69, 9.17) is 4.52 Å². The Kier molecular flexibility index (Phi) is 3.42. The molecule has 2 saturated carbocycles. The summed E-state index contributed by atoms with van der Waals surface area (Å²) in [5, 5.41) is 7.77. The van der Waals surface area contributed by atoms with Crippen LogP contribution in [0.1, 0.15) is 49.1 Å². The summed E-state index contributed by atoms with van der Waals surface area (Å²) in [5.41, 5.74) is 2.37. The van der Waals surface area contributed by atoms with Gasteiger partial charge in [-0.25, -0.2) is 0 Å². The number of aromatic nitrogens is 1. The molecule has 1 aromatic heterocycles. The lowest BCUT2D eigenvalue weighted by Crippen LogP contribution is -2.34. The largest absolute Gasteiger partial charge is 0.361 e. The van der Waals surface area contributed by atoms with Crippen LogP contribution in [-0.2, 0) is 6.42 Å². The summed E-state index contributed by atoms with van der Waals surface area (Å²) in [4.78, 5) is 0. The highest BCUT2D eigenvalue weighted by Gasteiger charge is 2.38. The van der Waals surface area contributed by atoms with E-state index in [1.807, 2.05) is 13.8 Å². The van der Waals surface area contributed by atoms with Crippen molar-refractivity contribution in [2.75, 3.05) is 6.54 Å². The molecule has 100 valence electrons. The second-order valence-corrected chi connectivity index (χ2v) is 6.14. The van der Waals surface area contributed by atoms with Gasteiger partial charge >= 0.3 is 0 Å². The molecule has 3 rings (SSSR count). The Morgan fingerprint density at radius 1 is 1.28 bits per heavy atom. The number of hydrogen-bond donors (Lipinski definition) is 1. The molecule has 3 heteroatoms. The Morgan fingerprint density at radius 2 is 2.17 bits per heavy atom. The van der Waals surface area contributed by atoms with E-state index in [1.54, 1.807) is 0 Å². The van der Waals surface area contributed by atoms with E-state index in [-0.39, 0.29) is 0 Å². The molecule has 0 aliphatic heterocycles. The Bertz CT molecular complexity index is 393. The van der Waals surface area contributed by atoms with Crippen molar-refractivity contribution in [3.8, 4) is 0 Å². The van der Waals surface area contributed by atoms with Crippen LogP contribution in [0.2, 0.25) is 0 Å². The van der Waals surface area contributed by atoms with Gasteiger partial charge in [0.25, 0.3) is 0 Å². The van der Waals surface area contributed by atoms with Crippen molar-refractivity contribution in [3.05, 3.63) is 17.0 Å². The lowest BCUT2D eigenvalue weighted by molar-refractivity contribution is 0.351. The molecule has 1 N–H and O–H groups in total. The summed E-state index contributed by atoms with van der Waals surface area (Å²) in [7, 11) is 0. The average molecular weight is 248 g/mol. The molecular formula is C15H24N2O. The van der Waals surface area contributed by atoms with Crippen LogP contribution in [0.25, 0.3) is 0 Å². The molecule has 2 bridgehead atoms. The molecule has 0 radical (unpaired) electrons. The van der Waals surface area contributed by atoms with Gasteiger partial charge in [0, 0.05) is 11.6 Å². The summed E-state index contributed by atoms with van der Waals surface area (Å²) >= 11 is 0. The predicted octanol–water partition coefficient (Wildman–Crippen LogP) is 3.00. The number of aryl methyl sites for hydroxylation is 2. The molecule has 0 saturated heterocycles. The molecule has 0 amide bonds. The Balaban J connectivity index is 1.41. The van der Waals surface area contributed by atoms with Crippen molar-refractivity contribution < 1.29 is 4.52 Å². The van der Waals surface area contributed by atoms with E-state index in [9.17, 15) is 0 Å². The molecular weight excluding hydrogens is 224 g/mol. The number of rotatable bonds is 5. The maximum atomic E-state index is 5.20. The SMILES string of the molecule is Cc1noc(C)c1CCCN[C@@H]1C[C@H]2CC[C@H]1C2. The monoisotopic (exact) mass is 248 g/mol. The van der Waals surface area contributed by atoms with Crippen molar-refractivity contribution in [2.45, 2.75) is 58.4 Å². The Hall–Kier alpha value is -0.830. The molecule has 3 atom stereocenters. The van der Waals surface area contributed by atoms with Crippen LogP contribution in [0.5, 0.6) is 0 Å². The topological polar surface area (TPSA) is 38.1 Å². The van der Waals surface area contributed by atoms with Gasteiger partial charge in [0.05, 0.1) is 5.69 Å². The van der Waals surface area contributed by atoms with E-state index in [0.29, 0.717) is 0 Å². The molecule has 1 heterocycles. The summed E-state index contributed by atoms with van der Waals surface area (Å²) in [6.07, 6.45) is 8.15. The average Bonchev–Trinajstić information content (AvgIpc) is 3.04. The van der Waals surface area contributed by atoms with E-state index in [2.05, 4.69) is 10.5 Å². The molecule has 2 aliphatic rings. The van der Waals surface area contributed by atoms with Crippen LogP contribution in [0.15, 0.2) is 4.52 Å². The van der Waals surface area contributed by atoms with E-state index < -0.39 is 0 Å². The lowest BCUT2D eigenvalue weighted by Gasteiger charge is -2.22. The smallest absolute Gasteiger partial charge is 0.137 e. The zero-order valence-corrected chi connectivity index (χ0v) is 11.5. The zero-order valence-electron chi connectivity index (χ0n) is 11.5. The van der Waals surface area contributed by atoms with Crippen LogP contribution < -0.4 is 5.32 Å². The number of hydrogen-bond acceptors (Lipinski definition) is 3. The van der Waals surface area contributed by atoms with Gasteiger partial charge in [-0.05, 0) is 64.3 Å². The first-order valence-corrected chi connectivity index (χ1v) is 7.39. The summed E-state index contributed by atoms with van der Waals surface area (Å²) in [5.74, 6) is 3.01. The fourth-order valence-corrected chi connectivity index (χ4v) is 3.91. The molecule has 0 aromatic carbocycles. The Labute approximate surface area is 109 Å². The maximum Gasteiger partial charge on any atom is 0.137 e. The summed E-state index contributed by atoms with van der Waals surface area (Å²) < 4.78 is 5.20. The van der Waals surface area contributed by atoms with Crippen molar-refractivity contribution in [3.63, 3.8) is 0 Å². The second-order valence-electron chi connectivity index (χ2n) is 6.14. The quantitative estimate of drug-likeness (QED) is 0.814. The summed E-state index contributed by atoms with van der Waals surface area (Å²) in [6, 6.07) is 0.813. The molecule has 0 unspecified atom stereocenters. The highest BCUT2D eigenvalue weighted by molar-refractivity contribution is 5.20. The van der Waals surface area contributed by atoms with Gasteiger partial charge in [0.15, 0.2) is 0 Å². The van der Waals surface area contributed by atoms with Gasteiger partial charge in [-0.15, -0.1) is 0 Å². The van der Waals surface area contributed by atoms with Crippen LogP contribution >= 0.6 is 0 Å². The minimum atomic E-state index is 0.813. The Morgan fingerprint density at radius 3 is 2.78 bits per heavy atom. The van der Waals surface area contributed by atoms with Gasteiger partial charge in [0.1, 0.15) is 5.76 Å². The third kappa shape index (κ3) is 2.33. The van der Waals surface area contributed by atoms with Crippen molar-refractivity contribution in [1.82, 2.24) is 10.5 Å². The number of fused-ring (bicyclic) bond motifs is 2. The van der Waals surface area contributed by atoms with Gasteiger partial charge in [0.2, 0.25) is 0 Å². The molecule has 3 nitrogen and oxygen atoms in total. The second kappa shape index (κ2) is 5.04. The third-order valence-corrected chi connectivity index (χ3v) is 4.93. The minimum Gasteiger partial charge on any atom is -0.361 e. The van der Waals surface area contributed by atoms with Gasteiger partial charge < -0.3 is 9.84 Å². The first-order valence-electron chi connectivity index (χ1n) is 7.39. The molecule has 1 aromatic rings. The van der Waals surface area contributed by atoms with Crippen LogP contribution in [0, 0.1) is 25.7 Å². The molecule has 18 heavy (non-hydrogen) atoms. The first kappa shape index (κ1) is 12.2. The normalized spacial score (nSPS) is 30.2. The van der Waals surface area contributed by atoms with Gasteiger partial charge in [-0.1, -0.05) is 11.6 Å². The van der Waals surface area contributed by atoms with Gasteiger partial charge in [-0.2, -0.15) is 0 Å². The molecule has 2 aliphatic carbocycles. The maximum absolute atomic E-state index is 5.20. The third-order valence-electron chi connectivity index (χ3n) is 4.93. The number of nitrogens with zero attached hydrogens (tertiary/aromatic N) is 1. The predicted molar refractivity (Wildman–Crippen MR) is 71.5 cm³/mol. The van der Waals surface area contributed by atoms with Crippen molar-refractivity contribution in [2.24, 2.45) is 11.8 Å². The van der Waals surface area contributed by atoms with Crippen molar-refractivity contribution >= 4 is 0 Å². The van der Waals surface area contributed by atoms with Gasteiger partial charge in [-0.3, -0.25) is 0 Å². The van der Waals surface area contributed by atoms with Crippen LogP contribution in [-0.4, -0.2) is 17.7 Å².